The second kappa shape index (κ2) is 7.61. The lowest BCUT2D eigenvalue weighted by atomic mass is 10.3. The van der Waals surface area contributed by atoms with Crippen LogP contribution in [0.25, 0.3) is 0 Å². The number of aryl methyl sites for hydroxylation is 1. The first-order chi connectivity index (χ1) is 10.1. The van der Waals surface area contributed by atoms with E-state index in [1.807, 2.05) is 11.6 Å². The zero-order chi connectivity index (χ0) is 15.2. The Bertz CT molecular complexity index is 591. The number of nitrogens with one attached hydrogen (secondary N) is 1. The van der Waals surface area contributed by atoms with Crippen LogP contribution in [0.4, 0.5) is 0 Å². The molecule has 8 heteroatoms. The maximum atomic E-state index is 9.86. The molecule has 0 radical (unpaired) electrons. The Morgan fingerprint density at radius 1 is 1.43 bits per heavy atom. The largest absolute Gasteiger partial charge is 0.489 e. The average Bonchev–Trinajstić information content (AvgIpc) is 2.85. The Labute approximate surface area is 132 Å². The minimum Gasteiger partial charge on any atom is -0.489 e. The van der Waals surface area contributed by atoms with Crippen LogP contribution in [0.2, 0.25) is 10.0 Å². The molecular weight excluding hydrogens is 315 g/mol. The zero-order valence-corrected chi connectivity index (χ0v) is 13.0. The molecule has 1 aromatic carbocycles. The Morgan fingerprint density at radius 3 is 2.95 bits per heavy atom. The van der Waals surface area contributed by atoms with Crippen LogP contribution in [0.1, 0.15) is 5.82 Å². The molecule has 0 saturated heterocycles. The summed E-state index contributed by atoms with van der Waals surface area (Å²) in [5.41, 5.74) is 0. The number of halogens is 2. The molecule has 21 heavy (non-hydrogen) atoms. The van der Waals surface area contributed by atoms with Gasteiger partial charge in [-0.25, -0.2) is 0 Å². The van der Waals surface area contributed by atoms with Gasteiger partial charge in [0.2, 0.25) is 0 Å². The molecule has 0 amide bonds. The van der Waals surface area contributed by atoms with Crippen molar-refractivity contribution < 1.29 is 9.84 Å². The highest BCUT2D eigenvalue weighted by atomic mass is 35.5. The number of aliphatic hydroxyl groups excluding tert-OH is 1. The molecule has 0 aliphatic rings. The fourth-order valence-electron chi connectivity index (χ4n) is 1.65. The lowest BCUT2D eigenvalue weighted by Crippen LogP contribution is -2.31. The molecule has 114 valence electrons. The first kappa shape index (κ1) is 16.0. The fraction of sp³-hybridized carbons (Fsp3) is 0.385. The van der Waals surface area contributed by atoms with Gasteiger partial charge in [0.1, 0.15) is 30.6 Å². The molecule has 0 saturated carbocycles. The third-order valence-corrected chi connectivity index (χ3v) is 3.34. The van der Waals surface area contributed by atoms with Gasteiger partial charge >= 0.3 is 0 Å². The van der Waals surface area contributed by atoms with Crippen molar-refractivity contribution in [3.05, 3.63) is 40.4 Å². The number of nitrogens with zero attached hydrogens (tertiary/aromatic N) is 3. The molecule has 2 aromatic rings. The van der Waals surface area contributed by atoms with Crippen LogP contribution in [0, 0.1) is 0 Å². The number of rotatable bonds is 7. The molecule has 2 N–H and O–H groups in total. The molecule has 0 aliphatic heterocycles. The predicted molar refractivity (Wildman–Crippen MR) is 80.7 cm³/mol. The third-order valence-electron chi connectivity index (χ3n) is 2.79. The molecule has 1 unspecified atom stereocenters. The topological polar surface area (TPSA) is 72.2 Å². The van der Waals surface area contributed by atoms with Crippen LogP contribution in [0.3, 0.4) is 0 Å². The molecule has 6 nitrogen and oxygen atoms in total. The molecule has 0 aliphatic carbocycles. The normalized spacial score (nSPS) is 12.4. The zero-order valence-electron chi connectivity index (χ0n) is 11.5. The van der Waals surface area contributed by atoms with Crippen LogP contribution in [-0.2, 0) is 13.6 Å². The summed E-state index contributed by atoms with van der Waals surface area (Å²) in [6.07, 6.45) is 0.950. The van der Waals surface area contributed by atoms with Gasteiger partial charge in [-0.1, -0.05) is 23.2 Å². The molecular formula is C13H16Cl2N4O2. The average molecular weight is 331 g/mol. The first-order valence-corrected chi connectivity index (χ1v) is 7.11. The van der Waals surface area contributed by atoms with Gasteiger partial charge in [-0.05, 0) is 12.1 Å². The van der Waals surface area contributed by atoms with Gasteiger partial charge in [-0.3, -0.25) is 0 Å². The SMILES string of the molecule is Cn1cnnc1CNCC(O)COc1cc(Cl)ccc1Cl. The molecule has 0 fully saturated rings. The van der Waals surface area contributed by atoms with E-state index in [9.17, 15) is 5.11 Å². The second-order valence-electron chi connectivity index (χ2n) is 4.53. The van der Waals surface area contributed by atoms with Gasteiger partial charge in [0.25, 0.3) is 0 Å². The van der Waals surface area contributed by atoms with Crippen molar-refractivity contribution in [2.75, 3.05) is 13.2 Å². The lowest BCUT2D eigenvalue weighted by Gasteiger charge is -2.14. The van der Waals surface area contributed by atoms with E-state index >= 15 is 0 Å². The van der Waals surface area contributed by atoms with Crippen LogP contribution in [-0.4, -0.2) is 39.1 Å². The number of ether oxygens (including phenoxy) is 1. The maximum Gasteiger partial charge on any atom is 0.146 e. The van der Waals surface area contributed by atoms with Gasteiger partial charge < -0.3 is 19.7 Å². The van der Waals surface area contributed by atoms with Crippen molar-refractivity contribution in [2.24, 2.45) is 7.05 Å². The third kappa shape index (κ3) is 4.86. The van der Waals surface area contributed by atoms with E-state index in [2.05, 4.69) is 15.5 Å². The minimum atomic E-state index is -0.673. The van der Waals surface area contributed by atoms with Gasteiger partial charge in [0.15, 0.2) is 0 Å². The second-order valence-corrected chi connectivity index (χ2v) is 5.37. The Balaban J connectivity index is 1.73. The number of hydrogen-bond acceptors (Lipinski definition) is 5. The van der Waals surface area contributed by atoms with Crippen molar-refractivity contribution in [3.63, 3.8) is 0 Å². The van der Waals surface area contributed by atoms with E-state index in [0.29, 0.717) is 28.9 Å². The van der Waals surface area contributed by atoms with Gasteiger partial charge in [0, 0.05) is 24.7 Å². The first-order valence-electron chi connectivity index (χ1n) is 6.35. The number of hydrogen-bond donors (Lipinski definition) is 2. The summed E-state index contributed by atoms with van der Waals surface area (Å²) in [5.74, 6) is 1.25. The minimum absolute atomic E-state index is 0.117. The monoisotopic (exact) mass is 330 g/mol. The highest BCUT2D eigenvalue weighted by Crippen LogP contribution is 2.27. The number of aliphatic hydroxyl groups is 1. The smallest absolute Gasteiger partial charge is 0.146 e. The van der Waals surface area contributed by atoms with Crippen molar-refractivity contribution in [1.82, 2.24) is 20.1 Å². The van der Waals surface area contributed by atoms with Crippen molar-refractivity contribution in [1.29, 1.82) is 0 Å². The quantitative estimate of drug-likeness (QED) is 0.807. The standard InChI is InChI=1S/C13H16Cl2N4O2/c1-19-8-17-18-13(19)6-16-5-10(20)7-21-12-4-9(14)2-3-11(12)15/h2-4,8,10,16,20H,5-7H2,1H3. The molecule has 1 atom stereocenters. The summed E-state index contributed by atoms with van der Waals surface area (Å²) < 4.78 is 7.26. The van der Waals surface area contributed by atoms with E-state index in [1.54, 1.807) is 24.5 Å². The highest BCUT2D eigenvalue weighted by molar-refractivity contribution is 6.34. The van der Waals surface area contributed by atoms with Gasteiger partial charge in [0.05, 0.1) is 11.6 Å². The van der Waals surface area contributed by atoms with E-state index in [1.165, 1.54) is 0 Å². The molecule has 2 rings (SSSR count). The molecule has 1 heterocycles. The van der Waals surface area contributed by atoms with Crippen LogP contribution in [0.5, 0.6) is 5.75 Å². The van der Waals surface area contributed by atoms with Gasteiger partial charge in [-0.15, -0.1) is 10.2 Å². The molecule has 0 bridgehead atoms. The Morgan fingerprint density at radius 2 is 2.24 bits per heavy atom. The van der Waals surface area contributed by atoms with Crippen LogP contribution < -0.4 is 10.1 Å². The van der Waals surface area contributed by atoms with Crippen molar-refractivity contribution >= 4 is 23.2 Å². The summed E-state index contributed by atoms with van der Waals surface area (Å²) in [6, 6.07) is 4.94. The van der Waals surface area contributed by atoms with E-state index in [0.717, 1.165) is 5.82 Å². The molecule has 1 aromatic heterocycles. The lowest BCUT2D eigenvalue weighted by molar-refractivity contribution is 0.106. The predicted octanol–water partition coefficient (Wildman–Crippen LogP) is 1.65. The number of benzene rings is 1. The van der Waals surface area contributed by atoms with E-state index in [-0.39, 0.29) is 6.61 Å². The summed E-state index contributed by atoms with van der Waals surface area (Å²) in [7, 11) is 1.86. The van der Waals surface area contributed by atoms with E-state index in [4.69, 9.17) is 27.9 Å². The summed E-state index contributed by atoms with van der Waals surface area (Å²) >= 11 is 11.8. The van der Waals surface area contributed by atoms with Crippen LogP contribution in [0.15, 0.2) is 24.5 Å². The van der Waals surface area contributed by atoms with Crippen molar-refractivity contribution in [3.8, 4) is 5.75 Å². The van der Waals surface area contributed by atoms with E-state index < -0.39 is 6.10 Å². The Hall–Kier alpha value is -1.34. The van der Waals surface area contributed by atoms with Crippen LogP contribution >= 0.6 is 23.2 Å². The fourth-order valence-corrected chi connectivity index (χ4v) is 1.98. The van der Waals surface area contributed by atoms with Gasteiger partial charge in [-0.2, -0.15) is 0 Å². The Kier molecular flexibility index (Phi) is 5.81. The van der Waals surface area contributed by atoms with Crippen molar-refractivity contribution in [2.45, 2.75) is 12.6 Å². The summed E-state index contributed by atoms with van der Waals surface area (Å²) in [5, 5.41) is 21.6. The number of aromatic nitrogens is 3. The maximum absolute atomic E-state index is 9.86. The summed E-state index contributed by atoms with van der Waals surface area (Å²) in [4.78, 5) is 0. The molecule has 0 spiro atoms. The summed E-state index contributed by atoms with van der Waals surface area (Å²) in [6.45, 7) is 1.00. The highest BCUT2D eigenvalue weighted by Gasteiger charge is 2.09.